The average Bonchev–Trinajstić information content (AvgIpc) is 2.70. The molecule has 0 spiro atoms. The lowest BCUT2D eigenvalue weighted by Gasteiger charge is -2.23. The second kappa shape index (κ2) is 5.55. The van der Waals surface area contributed by atoms with Gasteiger partial charge in [0, 0.05) is 6.07 Å². The van der Waals surface area contributed by atoms with Gasteiger partial charge in [0.15, 0.2) is 0 Å². The first-order valence-corrected chi connectivity index (χ1v) is 6.37. The van der Waals surface area contributed by atoms with E-state index in [4.69, 9.17) is 10.5 Å². The van der Waals surface area contributed by atoms with Crippen LogP contribution in [0.4, 0.5) is 8.78 Å². The average molecular weight is 268 g/mol. The normalized spacial score (nSPS) is 20.3. The van der Waals surface area contributed by atoms with Gasteiger partial charge in [-0.1, -0.05) is 13.8 Å². The largest absolute Gasteiger partial charge is 0.463 e. The van der Waals surface area contributed by atoms with Crippen molar-refractivity contribution < 1.29 is 13.5 Å². The third kappa shape index (κ3) is 3.43. The van der Waals surface area contributed by atoms with Crippen LogP contribution in [-0.2, 0) is 4.74 Å². The van der Waals surface area contributed by atoms with Crippen LogP contribution in [0.3, 0.4) is 0 Å². The first kappa shape index (κ1) is 13.8. The molecule has 0 saturated heterocycles. The molecule has 2 N–H and O–H groups in total. The third-order valence-electron chi connectivity index (χ3n) is 3.38. The molecule has 0 saturated carbocycles. The Hall–Kier alpha value is -1.65. The summed E-state index contributed by atoms with van der Waals surface area (Å²) in [5.74, 6) is -0.829. The number of rotatable bonds is 4. The molecule has 104 valence electrons. The molecule has 0 aromatic heterocycles. The Balaban J connectivity index is 2.20. The second-order valence-corrected chi connectivity index (χ2v) is 5.22. The molecule has 0 radical (unpaired) electrons. The Labute approximate surface area is 111 Å². The zero-order chi connectivity index (χ0) is 14.0. The van der Waals surface area contributed by atoms with Crippen molar-refractivity contribution in [1.29, 1.82) is 0 Å². The molecule has 1 aliphatic rings. The monoisotopic (exact) mass is 268 g/mol. The number of hydrogen-bond donors (Lipinski definition) is 1. The number of halogens is 2. The Morgan fingerprint density at radius 2 is 1.95 bits per heavy atom. The highest BCUT2D eigenvalue weighted by Crippen LogP contribution is 2.31. The van der Waals surface area contributed by atoms with Crippen molar-refractivity contribution in [2.45, 2.75) is 32.2 Å². The zero-order valence-electron chi connectivity index (χ0n) is 11.1. The minimum Gasteiger partial charge on any atom is -0.463 e. The lowest BCUT2D eigenvalue weighted by Crippen LogP contribution is -2.16. The van der Waals surface area contributed by atoms with Crippen LogP contribution in [0.15, 0.2) is 23.2 Å². The summed E-state index contributed by atoms with van der Waals surface area (Å²) in [6.07, 6.45) is 0.668. The predicted octanol–water partition coefficient (Wildman–Crippen LogP) is 2.81. The van der Waals surface area contributed by atoms with Gasteiger partial charge in [0.1, 0.15) is 18.2 Å². The molecule has 0 aliphatic carbocycles. The first-order chi connectivity index (χ1) is 8.95. The Kier molecular flexibility index (Phi) is 4.02. The van der Waals surface area contributed by atoms with E-state index in [9.17, 15) is 8.78 Å². The van der Waals surface area contributed by atoms with E-state index < -0.39 is 11.6 Å². The summed E-state index contributed by atoms with van der Waals surface area (Å²) in [6.45, 7) is 4.49. The molecule has 5 heteroatoms. The fourth-order valence-electron chi connectivity index (χ4n) is 2.43. The van der Waals surface area contributed by atoms with Crippen LogP contribution in [0.5, 0.6) is 0 Å². The quantitative estimate of drug-likeness (QED) is 0.912. The Morgan fingerprint density at radius 3 is 2.42 bits per heavy atom. The van der Waals surface area contributed by atoms with E-state index in [2.05, 4.69) is 4.99 Å². The fraction of sp³-hybridized carbons (Fsp3) is 0.500. The van der Waals surface area contributed by atoms with Crippen molar-refractivity contribution in [1.82, 2.24) is 0 Å². The number of nitrogens with two attached hydrogens (primary N) is 1. The van der Waals surface area contributed by atoms with Gasteiger partial charge >= 0.3 is 0 Å². The van der Waals surface area contributed by atoms with Gasteiger partial charge in [-0.3, -0.25) is 0 Å². The van der Waals surface area contributed by atoms with Gasteiger partial charge in [0.05, 0.1) is 6.04 Å². The predicted molar refractivity (Wildman–Crippen MR) is 69.9 cm³/mol. The summed E-state index contributed by atoms with van der Waals surface area (Å²) in [7, 11) is 0. The molecule has 2 rings (SSSR count). The lowest BCUT2D eigenvalue weighted by atomic mass is 9.83. The van der Waals surface area contributed by atoms with Crippen LogP contribution >= 0.6 is 0 Å². The molecule has 0 amide bonds. The highest BCUT2D eigenvalue weighted by molar-refractivity contribution is 5.73. The van der Waals surface area contributed by atoms with Crippen LogP contribution in [0.25, 0.3) is 0 Å². The minimum atomic E-state index is -0.550. The maximum absolute atomic E-state index is 13.3. The second-order valence-electron chi connectivity index (χ2n) is 5.22. The molecule has 0 fully saturated rings. The van der Waals surface area contributed by atoms with E-state index in [0.717, 1.165) is 6.07 Å². The maximum Gasteiger partial charge on any atom is 0.282 e. The third-order valence-corrected chi connectivity index (χ3v) is 3.38. The molecule has 1 heterocycles. The minimum absolute atomic E-state index is 0.0217. The van der Waals surface area contributed by atoms with E-state index >= 15 is 0 Å². The van der Waals surface area contributed by atoms with Crippen molar-refractivity contribution in [3.8, 4) is 0 Å². The van der Waals surface area contributed by atoms with E-state index in [0.29, 0.717) is 18.6 Å². The molecule has 2 atom stereocenters. The van der Waals surface area contributed by atoms with Gasteiger partial charge in [-0.15, -0.1) is 0 Å². The van der Waals surface area contributed by atoms with Gasteiger partial charge in [0.2, 0.25) is 0 Å². The Bertz CT molecular complexity index is 468. The van der Waals surface area contributed by atoms with Crippen molar-refractivity contribution in [3.63, 3.8) is 0 Å². The molecule has 1 aromatic carbocycles. The van der Waals surface area contributed by atoms with Gasteiger partial charge in [-0.05, 0) is 36.0 Å². The standard InChI is InChI=1S/C14H18F2N2O/c1-8(2)13(6-12-7-19-14(17)18-12)9-3-10(15)5-11(16)4-9/h3-5,8,12-13H,6-7H2,1-2H3,(H2,17,18)/t12-,13?/m0/s1. The number of amidine groups is 1. The van der Waals surface area contributed by atoms with Crippen LogP contribution < -0.4 is 5.73 Å². The number of hydrogen-bond acceptors (Lipinski definition) is 3. The number of nitrogens with zero attached hydrogens (tertiary/aromatic N) is 1. The number of ether oxygens (including phenoxy) is 1. The topological polar surface area (TPSA) is 47.6 Å². The summed E-state index contributed by atoms with van der Waals surface area (Å²) in [4.78, 5) is 4.17. The number of aliphatic imine (C=N–C) groups is 1. The lowest BCUT2D eigenvalue weighted by molar-refractivity contribution is 0.293. The molecular formula is C14H18F2N2O. The molecule has 1 aromatic rings. The van der Waals surface area contributed by atoms with E-state index in [-0.39, 0.29) is 23.9 Å². The van der Waals surface area contributed by atoms with Crippen molar-refractivity contribution >= 4 is 6.02 Å². The van der Waals surface area contributed by atoms with Gasteiger partial charge in [-0.25, -0.2) is 13.8 Å². The summed E-state index contributed by atoms with van der Waals surface area (Å²) in [6, 6.07) is 3.81. The Morgan fingerprint density at radius 1 is 1.32 bits per heavy atom. The van der Waals surface area contributed by atoms with Crippen LogP contribution in [-0.4, -0.2) is 18.7 Å². The summed E-state index contributed by atoms with van der Waals surface area (Å²) in [5, 5.41) is 0. The molecule has 1 unspecified atom stereocenters. The first-order valence-electron chi connectivity index (χ1n) is 6.37. The van der Waals surface area contributed by atoms with Crippen LogP contribution in [0.1, 0.15) is 31.7 Å². The van der Waals surface area contributed by atoms with E-state index in [1.54, 1.807) is 0 Å². The molecular weight excluding hydrogens is 250 g/mol. The summed E-state index contributed by atoms with van der Waals surface area (Å²) in [5.41, 5.74) is 6.13. The summed E-state index contributed by atoms with van der Waals surface area (Å²) < 4.78 is 31.7. The van der Waals surface area contributed by atoms with Crippen LogP contribution in [0, 0.1) is 17.6 Å². The number of benzene rings is 1. The van der Waals surface area contributed by atoms with Gasteiger partial charge < -0.3 is 10.5 Å². The maximum atomic E-state index is 13.3. The van der Waals surface area contributed by atoms with E-state index in [1.165, 1.54) is 12.1 Å². The smallest absolute Gasteiger partial charge is 0.282 e. The van der Waals surface area contributed by atoms with E-state index in [1.807, 2.05) is 13.8 Å². The van der Waals surface area contributed by atoms with Crippen molar-refractivity contribution in [2.24, 2.45) is 16.6 Å². The van der Waals surface area contributed by atoms with Crippen molar-refractivity contribution in [2.75, 3.05) is 6.61 Å². The highest BCUT2D eigenvalue weighted by Gasteiger charge is 2.25. The molecule has 3 nitrogen and oxygen atoms in total. The van der Waals surface area contributed by atoms with Crippen molar-refractivity contribution in [3.05, 3.63) is 35.4 Å². The highest BCUT2D eigenvalue weighted by atomic mass is 19.1. The van der Waals surface area contributed by atoms with Crippen LogP contribution in [0.2, 0.25) is 0 Å². The summed E-state index contributed by atoms with van der Waals surface area (Å²) >= 11 is 0. The van der Waals surface area contributed by atoms with Gasteiger partial charge in [-0.2, -0.15) is 0 Å². The zero-order valence-corrected chi connectivity index (χ0v) is 11.1. The fourth-order valence-corrected chi connectivity index (χ4v) is 2.43. The molecule has 1 aliphatic heterocycles. The molecule has 0 bridgehead atoms. The van der Waals surface area contributed by atoms with Gasteiger partial charge in [0.25, 0.3) is 6.02 Å². The SMILES string of the molecule is CC(C)C(C[C@H]1COC(N)=N1)c1cc(F)cc(F)c1. The molecule has 19 heavy (non-hydrogen) atoms.